The van der Waals surface area contributed by atoms with Crippen LogP contribution < -0.4 is 15.4 Å². The van der Waals surface area contributed by atoms with E-state index in [1.54, 1.807) is 0 Å². The number of benzene rings is 1. The Bertz CT molecular complexity index is 483. The number of aryl methyl sites for hydroxylation is 1. The number of rotatable bonds is 4. The molecule has 1 aliphatic carbocycles. The molecule has 102 valence electrons. The second kappa shape index (κ2) is 5.11. The predicted molar refractivity (Wildman–Crippen MR) is 74.5 cm³/mol. The Kier molecular flexibility index (Phi) is 3.32. The molecule has 0 aromatic heterocycles. The third-order valence-electron chi connectivity index (χ3n) is 3.61. The molecule has 0 bridgehead atoms. The molecule has 2 N–H and O–H groups in total. The largest absolute Gasteiger partial charge is 0.493 e. The van der Waals surface area contributed by atoms with E-state index in [1.807, 2.05) is 19.1 Å². The standard InChI is InChI=1S/C15H20N2O2/c1-10(15(18)17-12-4-5-12)16-13-6-7-14-11(9-13)3-2-8-19-14/h6-7,9-10,12,16H,2-5,8H2,1H3,(H,17,18)/t10-/m0/s1. The van der Waals surface area contributed by atoms with E-state index in [0.29, 0.717) is 6.04 Å². The van der Waals surface area contributed by atoms with Crippen LogP contribution in [0.15, 0.2) is 18.2 Å². The minimum Gasteiger partial charge on any atom is -0.493 e. The molecule has 0 unspecified atom stereocenters. The van der Waals surface area contributed by atoms with Gasteiger partial charge in [0.2, 0.25) is 5.91 Å². The van der Waals surface area contributed by atoms with Crippen molar-refractivity contribution >= 4 is 11.6 Å². The van der Waals surface area contributed by atoms with Gasteiger partial charge >= 0.3 is 0 Å². The molecule has 0 saturated heterocycles. The Morgan fingerprint density at radius 1 is 1.42 bits per heavy atom. The molecule has 1 saturated carbocycles. The average Bonchev–Trinajstić information content (AvgIpc) is 3.22. The predicted octanol–water partition coefficient (Wildman–Crippen LogP) is 2.09. The summed E-state index contributed by atoms with van der Waals surface area (Å²) in [6.45, 7) is 2.70. The van der Waals surface area contributed by atoms with Gasteiger partial charge in [0.15, 0.2) is 0 Å². The van der Waals surface area contributed by atoms with Gasteiger partial charge in [0, 0.05) is 11.7 Å². The fraction of sp³-hybridized carbons (Fsp3) is 0.533. The van der Waals surface area contributed by atoms with Crippen molar-refractivity contribution in [3.05, 3.63) is 23.8 Å². The summed E-state index contributed by atoms with van der Waals surface area (Å²) in [7, 11) is 0. The number of carbonyl (C=O) groups excluding carboxylic acids is 1. The number of nitrogens with one attached hydrogen (secondary N) is 2. The number of ether oxygens (including phenoxy) is 1. The fourth-order valence-corrected chi connectivity index (χ4v) is 2.32. The van der Waals surface area contributed by atoms with Gasteiger partial charge in [0.1, 0.15) is 11.8 Å². The first-order valence-corrected chi connectivity index (χ1v) is 7.05. The van der Waals surface area contributed by atoms with E-state index < -0.39 is 0 Å². The molecule has 1 atom stereocenters. The van der Waals surface area contributed by atoms with E-state index in [4.69, 9.17) is 4.74 Å². The van der Waals surface area contributed by atoms with E-state index in [-0.39, 0.29) is 11.9 Å². The molecular formula is C15H20N2O2. The first-order valence-electron chi connectivity index (χ1n) is 7.05. The van der Waals surface area contributed by atoms with Crippen LogP contribution in [0, 0.1) is 0 Å². The molecule has 3 rings (SSSR count). The van der Waals surface area contributed by atoms with Crippen molar-refractivity contribution < 1.29 is 9.53 Å². The summed E-state index contributed by atoms with van der Waals surface area (Å²) in [5, 5.41) is 6.27. The van der Waals surface area contributed by atoms with Crippen LogP contribution in [0.1, 0.15) is 31.7 Å². The molecule has 1 aliphatic heterocycles. The highest BCUT2D eigenvalue weighted by molar-refractivity contribution is 5.84. The summed E-state index contributed by atoms with van der Waals surface area (Å²) in [6.07, 6.45) is 4.35. The number of hydrogen-bond donors (Lipinski definition) is 2. The second-order valence-corrected chi connectivity index (χ2v) is 5.42. The normalized spacial score (nSPS) is 19.0. The molecule has 1 aromatic rings. The van der Waals surface area contributed by atoms with Gasteiger partial charge in [-0.05, 0) is 56.4 Å². The van der Waals surface area contributed by atoms with Crippen molar-refractivity contribution in [3.8, 4) is 5.75 Å². The Hall–Kier alpha value is -1.71. The number of anilines is 1. The molecule has 4 heteroatoms. The molecule has 19 heavy (non-hydrogen) atoms. The van der Waals surface area contributed by atoms with E-state index in [0.717, 1.165) is 43.7 Å². The molecule has 1 heterocycles. The summed E-state index contributed by atoms with van der Waals surface area (Å²) in [6, 6.07) is 6.26. The van der Waals surface area contributed by atoms with Gasteiger partial charge in [-0.1, -0.05) is 0 Å². The van der Waals surface area contributed by atoms with Crippen LogP contribution in [0.25, 0.3) is 0 Å². The maximum absolute atomic E-state index is 11.9. The topological polar surface area (TPSA) is 50.4 Å². The summed E-state index contributed by atoms with van der Waals surface area (Å²) < 4.78 is 5.58. The Morgan fingerprint density at radius 2 is 2.26 bits per heavy atom. The average molecular weight is 260 g/mol. The highest BCUT2D eigenvalue weighted by Crippen LogP contribution is 2.27. The van der Waals surface area contributed by atoms with Crippen molar-refractivity contribution in [1.29, 1.82) is 0 Å². The van der Waals surface area contributed by atoms with Gasteiger partial charge in [0.05, 0.1) is 6.61 Å². The third kappa shape index (κ3) is 3.00. The van der Waals surface area contributed by atoms with Crippen molar-refractivity contribution in [3.63, 3.8) is 0 Å². The van der Waals surface area contributed by atoms with Crippen molar-refractivity contribution in [1.82, 2.24) is 5.32 Å². The van der Waals surface area contributed by atoms with Crippen LogP contribution >= 0.6 is 0 Å². The zero-order valence-electron chi connectivity index (χ0n) is 11.2. The Labute approximate surface area is 113 Å². The summed E-state index contributed by atoms with van der Waals surface area (Å²) >= 11 is 0. The minimum atomic E-state index is -0.205. The molecule has 1 fully saturated rings. The second-order valence-electron chi connectivity index (χ2n) is 5.42. The lowest BCUT2D eigenvalue weighted by molar-refractivity contribution is -0.121. The van der Waals surface area contributed by atoms with Crippen LogP contribution in [0.2, 0.25) is 0 Å². The van der Waals surface area contributed by atoms with Gasteiger partial charge in [-0.15, -0.1) is 0 Å². The molecule has 2 aliphatic rings. The van der Waals surface area contributed by atoms with E-state index >= 15 is 0 Å². The van der Waals surface area contributed by atoms with Gasteiger partial charge in [-0.25, -0.2) is 0 Å². The zero-order chi connectivity index (χ0) is 13.2. The van der Waals surface area contributed by atoms with Crippen LogP contribution in [-0.4, -0.2) is 24.6 Å². The first-order chi connectivity index (χ1) is 9.22. The number of amides is 1. The van der Waals surface area contributed by atoms with Crippen molar-refractivity contribution in [2.24, 2.45) is 0 Å². The lowest BCUT2D eigenvalue weighted by atomic mass is 10.1. The quantitative estimate of drug-likeness (QED) is 0.871. The lowest BCUT2D eigenvalue weighted by Crippen LogP contribution is -2.38. The zero-order valence-corrected chi connectivity index (χ0v) is 11.2. The van der Waals surface area contributed by atoms with Gasteiger partial charge in [-0.3, -0.25) is 4.79 Å². The smallest absolute Gasteiger partial charge is 0.242 e. The summed E-state index contributed by atoms with van der Waals surface area (Å²) in [5.41, 5.74) is 2.22. The fourth-order valence-electron chi connectivity index (χ4n) is 2.32. The Morgan fingerprint density at radius 3 is 3.05 bits per heavy atom. The van der Waals surface area contributed by atoms with Crippen molar-refractivity contribution in [2.45, 2.75) is 44.7 Å². The molecule has 0 spiro atoms. The van der Waals surface area contributed by atoms with Crippen LogP contribution in [-0.2, 0) is 11.2 Å². The van der Waals surface area contributed by atoms with Crippen LogP contribution in [0.4, 0.5) is 5.69 Å². The van der Waals surface area contributed by atoms with Crippen LogP contribution in [0.3, 0.4) is 0 Å². The van der Waals surface area contributed by atoms with E-state index in [9.17, 15) is 4.79 Å². The maximum Gasteiger partial charge on any atom is 0.242 e. The van der Waals surface area contributed by atoms with Crippen molar-refractivity contribution in [2.75, 3.05) is 11.9 Å². The number of carbonyl (C=O) groups is 1. The van der Waals surface area contributed by atoms with Gasteiger partial charge < -0.3 is 15.4 Å². The number of hydrogen-bond acceptors (Lipinski definition) is 3. The molecule has 1 aromatic carbocycles. The highest BCUT2D eigenvalue weighted by Gasteiger charge is 2.25. The molecule has 4 nitrogen and oxygen atoms in total. The molecule has 1 amide bonds. The van der Waals surface area contributed by atoms with Crippen LogP contribution in [0.5, 0.6) is 5.75 Å². The molecule has 0 radical (unpaired) electrons. The lowest BCUT2D eigenvalue weighted by Gasteiger charge is -2.20. The number of fused-ring (bicyclic) bond motifs is 1. The highest BCUT2D eigenvalue weighted by atomic mass is 16.5. The summed E-state index contributed by atoms with van der Waals surface area (Å²) in [4.78, 5) is 11.9. The first kappa shape index (κ1) is 12.3. The minimum absolute atomic E-state index is 0.0801. The van der Waals surface area contributed by atoms with Gasteiger partial charge in [-0.2, -0.15) is 0 Å². The SMILES string of the molecule is C[C@H](Nc1ccc2c(c1)CCCO2)C(=O)NC1CC1. The van der Waals surface area contributed by atoms with E-state index in [1.165, 1.54) is 5.56 Å². The monoisotopic (exact) mass is 260 g/mol. The van der Waals surface area contributed by atoms with E-state index in [2.05, 4.69) is 16.7 Å². The Balaban J connectivity index is 1.63. The molecular weight excluding hydrogens is 240 g/mol. The van der Waals surface area contributed by atoms with Gasteiger partial charge in [0.25, 0.3) is 0 Å². The summed E-state index contributed by atoms with van der Waals surface area (Å²) in [5.74, 6) is 1.06. The maximum atomic E-state index is 11.9. The third-order valence-corrected chi connectivity index (χ3v) is 3.61.